The Labute approximate surface area is 179 Å². The van der Waals surface area contributed by atoms with Crippen LogP contribution in [-0.2, 0) is 16.1 Å². The summed E-state index contributed by atoms with van der Waals surface area (Å²) < 4.78 is 4.89. The second-order valence-corrected chi connectivity index (χ2v) is 8.31. The molecule has 1 aromatic heterocycles. The van der Waals surface area contributed by atoms with Crippen molar-refractivity contribution in [2.75, 3.05) is 25.6 Å². The summed E-state index contributed by atoms with van der Waals surface area (Å²) in [5, 5.41) is 11.5. The number of aliphatic hydroxyl groups is 1. The highest BCUT2D eigenvalue weighted by Gasteiger charge is 2.31. The van der Waals surface area contributed by atoms with Crippen LogP contribution in [0, 0.1) is 6.92 Å². The smallest absolute Gasteiger partial charge is 0.307 e. The summed E-state index contributed by atoms with van der Waals surface area (Å²) in [5.74, 6) is 0.512. The van der Waals surface area contributed by atoms with Crippen molar-refractivity contribution in [2.24, 2.45) is 9.98 Å². The predicted octanol–water partition coefficient (Wildman–Crippen LogP) is 3.84. The molecule has 0 bridgehead atoms. The molecule has 1 unspecified atom stereocenters. The molecule has 0 radical (unpaired) electrons. The lowest BCUT2D eigenvalue weighted by Gasteiger charge is -2.24. The maximum absolute atomic E-state index is 12.0. The minimum absolute atomic E-state index is 0.0425. The zero-order valence-corrected chi connectivity index (χ0v) is 18.5. The molecule has 154 valence electrons. The number of halogens is 1. The Morgan fingerprint density at radius 1 is 1.41 bits per heavy atom. The number of carbonyl (C=O) groups is 1. The number of hydrogen-bond acceptors (Lipinski definition) is 6. The van der Waals surface area contributed by atoms with E-state index >= 15 is 0 Å². The number of aliphatic imine (C=N–C) groups is 2. The lowest BCUT2D eigenvalue weighted by Crippen LogP contribution is -2.35. The van der Waals surface area contributed by atoms with Gasteiger partial charge in [-0.2, -0.15) is 0 Å². The van der Waals surface area contributed by atoms with E-state index in [0.29, 0.717) is 11.6 Å². The minimum Gasteiger partial charge on any atom is -0.469 e. The van der Waals surface area contributed by atoms with E-state index in [1.54, 1.807) is 7.05 Å². The number of benzene rings is 1. The molecule has 0 saturated carbocycles. The van der Waals surface area contributed by atoms with Gasteiger partial charge in [0.05, 0.1) is 31.9 Å². The number of nitrogens with zero attached hydrogens (tertiary/aromatic N) is 3. The van der Waals surface area contributed by atoms with Gasteiger partial charge in [-0.25, -0.2) is 0 Å². The summed E-state index contributed by atoms with van der Waals surface area (Å²) in [5.41, 5.74) is 3.62. The molecule has 0 amide bonds. The van der Waals surface area contributed by atoms with E-state index in [4.69, 9.17) is 21.3 Å². The molecule has 8 heteroatoms. The third-order valence-electron chi connectivity index (χ3n) is 5.02. The second-order valence-electron chi connectivity index (χ2n) is 6.79. The summed E-state index contributed by atoms with van der Waals surface area (Å²) in [6, 6.07) is 7.19. The zero-order valence-electron chi connectivity index (χ0n) is 16.9. The van der Waals surface area contributed by atoms with Gasteiger partial charge in [-0.05, 0) is 31.5 Å². The number of thiophene rings is 1. The predicted molar refractivity (Wildman–Crippen MR) is 119 cm³/mol. The summed E-state index contributed by atoms with van der Waals surface area (Å²) in [6.45, 7) is 4.37. The topological polar surface area (TPSA) is 74.5 Å². The van der Waals surface area contributed by atoms with Crippen LogP contribution in [0.2, 0.25) is 5.02 Å². The van der Waals surface area contributed by atoms with Gasteiger partial charge in [-0.1, -0.05) is 23.7 Å². The molecule has 2 aromatic rings. The van der Waals surface area contributed by atoms with Crippen molar-refractivity contribution in [3.8, 4) is 0 Å². The van der Waals surface area contributed by atoms with Crippen LogP contribution in [-0.4, -0.2) is 49.4 Å². The Hall–Kier alpha value is -2.22. The first-order valence-electron chi connectivity index (χ1n) is 9.24. The summed E-state index contributed by atoms with van der Waals surface area (Å²) in [7, 11) is 3.12. The molecule has 3 rings (SSSR count). The average Bonchev–Trinajstić information content (AvgIpc) is 2.96. The van der Waals surface area contributed by atoms with Crippen LogP contribution in [0.5, 0.6) is 0 Å². The van der Waals surface area contributed by atoms with E-state index in [2.05, 4.69) is 9.89 Å². The van der Waals surface area contributed by atoms with Crippen LogP contribution in [0.1, 0.15) is 34.9 Å². The lowest BCUT2D eigenvalue weighted by atomic mass is 9.99. The van der Waals surface area contributed by atoms with Crippen LogP contribution in [0.4, 0.5) is 5.00 Å². The molecule has 0 saturated heterocycles. The average molecular weight is 434 g/mol. The van der Waals surface area contributed by atoms with E-state index in [1.807, 2.05) is 38.1 Å². The van der Waals surface area contributed by atoms with Crippen molar-refractivity contribution in [3.63, 3.8) is 0 Å². The minimum atomic E-state index is -0.307. The molecule has 0 fully saturated rings. The maximum Gasteiger partial charge on any atom is 0.307 e. The van der Waals surface area contributed by atoms with Crippen molar-refractivity contribution >= 4 is 45.5 Å². The van der Waals surface area contributed by atoms with Gasteiger partial charge in [-0.3, -0.25) is 14.8 Å². The Kier molecular flexibility index (Phi) is 6.72. The number of hydrogen-bond donors (Lipinski definition) is 1. The highest BCUT2D eigenvalue weighted by Crippen LogP contribution is 2.40. The van der Waals surface area contributed by atoms with E-state index in [-0.39, 0.29) is 25.0 Å². The van der Waals surface area contributed by atoms with Crippen LogP contribution in [0.3, 0.4) is 0 Å². The number of anilines is 1. The van der Waals surface area contributed by atoms with E-state index in [0.717, 1.165) is 38.1 Å². The molecule has 0 aliphatic carbocycles. The fourth-order valence-corrected chi connectivity index (χ4v) is 4.71. The molecule has 1 aliphatic rings. The monoisotopic (exact) mass is 433 g/mol. The molecule has 1 aromatic carbocycles. The number of aliphatic hydroxyl groups excluding tert-OH is 1. The third-order valence-corrected chi connectivity index (χ3v) is 6.57. The Morgan fingerprint density at radius 2 is 2.10 bits per heavy atom. The van der Waals surface area contributed by atoms with Gasteiger partial charge in [0.1, 0.15) is 10.8 Å². The number of esters is 1. The SMILES string of the molecule is CN=C(C)N1CC(CC(=O)OC)N=C(c2ccc(Cl)cc2)c2c1sc(CO)c2C. The first kappa shape index (κ1) is 21.5. The van der Waals surface area contributed by atoms with Crippen LogP contribution >= 0.6 is 22.9 Å². The molecule has 1 N–H and O–H groups in total. The molecular weight excluding hydrogens is 410 g/mol. The normalized spacial score (nSPS) is 16.9. The van der Waals surface area contributed by atoms with Crippen molar-refractivity contribution in [1.29, 1.82) is 0 Å². The fourth-order valence-electron chi connectivity index (χ4n) is 3.36. The van der Waals surface area contributed by atoms with E-state index < -0.39 is 0 Å². The van der Waals surface area contributed by atoms with Crippen LogP contribution < -0.4 is 4.90 Å². The number of fused-ring (bicyclic) bond motifs is 1. The molecule has 29 heavy (non-hydrogen) atoms. The third kappa shape index (κ3) is 4.37. The Bertz CT molecular complexity index is 966. The largest absolute Gasteiger partial charge is 0.469 e. The van der Waals surface area contributed by atoms with Gasteiger partial charge in [0, 0.05) is 34.6 Å². The summed E-state index contributed by atoms with van der Waals surface area (Å²) in [6.07, 6.45) is 0.169. The van der Waals surface area contributed by atoms with Crippen LogP contribution in [0.25, 0.3) is 0 Å². The number of carbonyl (C=O) groups excluding carboxylic acids is 1. The van der Waals surface area contributed by atoms with Crippen molar-refractivity contribution < 1.29 is 14.6 Å². The maximum atomic E-state index is 12.0. The fraction of sp³-hybridized carbons (Fsp3) is 0.381. The number of rotatable bonds is 4. The van der Waals surface area contributed by atoms with Gasteiger partial charge in [-0.15, -0.1) is 11.3 Å². The summed E-state index contributed by atoms with van der Waals surface area (Å²) >= 11 is 7.61. The standard InChI is InChI=1S/C21H24ClN3O3S/c1-12-17(11-26)29-21-19(12)20(14-5-7-15(22)8-6-14)24-16(9-18(27)28-4)10-25(21)13(2)23-3/h5-8,16,26H,9-11H2,1-4H3. The highest BCUT2D eigenvalue weighted by atomic mass is 35.5. The first-order valence-corrected chi connectivity index (χ1v) is 10.4. The van der Waals surface area contributed by atoms with Gasteiger partial charge >= 0.3 is 5.97 Å². The molecule has 2 heterocycles. The molecular formula is C21H24ClN3O3S. The van der Waals surface area contributed by atoms with Gasteiger partial charge in [0.25, 0.3) is 0 Å². The highest BCUT2D eigenvalue weighted by molar-refractivity contribution is 7.17. The Balaban J connectivity index is 2.24. The van der Waals surface area contributed by atoms with E-state index in [9.17, 15) is 9.90 Å². The van der Waals surface area contributed by atoms with Gasteiger partial charge in [0.2, 0.25) is 0 Å². The van der Waals surface area contributed by atoms with Crippen molar-refractivity contribution in [3.05, 3.63) is 50.9 Å². The molecule has 6 nitrogen and oxygen atoms in total. The lowest BCUT2D eigenvalue weighted by molar-refractivity contribution is -0.140. The number of amidine groups is 1. The molecule has 1 atom stereocenters. The van der Waals surface area contributed by atoms with E-state index in [1.165, 1.54) is 18.4 Å². The van der Waals surface area contributed by atoms with Crippen molar-refractivity contribution in [2.45, 2.75) is 32.9 Å². The van der Waals surface area contributed by atoms with Gasteiger partial charge in [0.15, 0.2) is 0 Å². The van der Waals surface area contributed by atoms with Gasteiger partial charge < -0.3 is 14.7 Å². The molecule has 1 aliphatic heterocycles. The Morgan fingerprint density at radius 3 is 2.69 bits per heavy atom. The first-order chi connectivity index (χ1) is 13.9. The zero-order chi connectivity index (χ0) is 21.1. The number of ether oxygens (including phenoxy) is 1. The summed E-state index contributed by atoms with van der Waals surface area (Å²) in [4.78, 5) is 24.3. The second kappa shape index (κ2) is 9.07. The van der Waals surface area contributed by atoms with Crippen molar-refractivity contribution in [1.82, 2.24) is 0 Å². The van der Waals surface area contributed by atoms with Crippen LogP contribution in [0.15, 0.2) is 34.3 Å². The molecule has 0 spiro atoms. The quantitative estimate of drug-likeness (QED) is 0.451. The number of methoxy groups -OCH3 is 1.